The second-order valence-electron chi connectivity index (χ2n) is 4.83. The normalized spacial score (nSPS) is 18.6. The average Bonchev–Trinajstić information content (AvgIpc) is 2.41. The maximum absolute atomic E-state index is 5.74. The topological polar surface area (TPSA) is 18.5 Å². The highest BCUT2D eigenvalue weighted by Gasteiger charge is 2.25. The Balaban J connectivity index is 2.21. The van der Waals surface area contributed by atoms with Crippen LogP contribution >= 0.6 is 15.9 Å². The third-order valence-corrected chi connectivity index (χ3v) is 4.68. The quantitative estimate of drug-likeness (QED) is 0.774. The van der Waals surface area contributed by atoms with Crippen molar-refractivity contribution in [3.63, 3.8) is 0 Å². The van der Waals surface area contributed by atoms with Gasteiger partial charge in [0.2, 0.25) is 0 Å². The van der Waals surface area contributed by atoms with Gasteiger partial charge in [-0.15, -0.1) is 0 Å². The van der Waals surface area contributed by atoms with Gasteiger partial charge in [0.1, 0.15) is 5.75 Å². The zero-order chi connectivity index (χ0) is 13.0. The van der Waals surface area contributed by atoms with Crippen LogP contribution in [0.1, 0.15) is 35.7 Å². The monoisotopic (exact) mass is 312 g/mol. The van der Waals surface area contributed by atoms with E-state index in [2.05, 4.69) is 41.1 Å². The lowest BCUT2D eigenvalue weighted by Crippen LogP contribution is -2.19. The predicted molar refractivity (Wildman–Crippen MR) is 77.6 cm³/mol. The average molecular weight is 313 g/mol. The van der Waals surface area contributed by atoms with Crippen molar-refractivity contribution in [3.8, 4) is 5.75 Å². The molecule has 1 heterocycles. The molecule has 0 bridgehead atoms. The van der Waals surface area contributed by atoms with Crippen LogP contribution in [-0.2, 0) is 4.74 Å². The second-order valence-corrected chi connectivity index (χ2v) is 5.81. The van der Waals surface area contributed by atoms with Gasteiger partial charge in [-0.25, -0.2) is 0 Å². The Morgan fingerprint density at radius 3 is 2.78 bits per heavy atom. The fourth-order valence-electron chi connectivity index (χ4n) is 2.43. The maximum atomic E-state index is 5.74. The molecule has 1 unspecified atom stereocenters. The van der Waals surface area contributed by atoms with E-state index in [1.54, 1.807) is 0 Å². The molecule has 0 spiro atoms. The van der Waals surface area contributed by atoms with Crippen LogP contribution in [0.15, 0.2) is 18.2 Å². The molecule has 2 rings (SSSR count). The molecular weight excluding hydrogens is 292 g/mol. The molecule has 1 aromatic carbocycles. The Morgan fingerprint density at radius 2 is 2.11 bits per heavy atom. The summed E-state index contributed by atoms with van der Waals surface area (Å²) in [5.41, 5.74) is 2.56. The minimum Gasteiger partial charge on any atom is -0.494 e. The molecule has 1 aromatic rings. The van der Waals surface area contributed by atoms with Crippen LogP contribution in [0.2, 0.25) is 0 Å². The Labute approximate surface area is 118 Å². The van der Waals surface area contributed by atoms with Crippen LogP contribution in [0.5, 0.6) is 5.75 Å². The third-order valence-electron chi connectivity index (χ3n) is 3.44. The third kappa shape index (κ3) is 3.27. The van der Waals surface area contributed by atoms with Gasteiger partial charge in [-0.3, -0.25) is 0 Å². The highest BCUT2D eigenvalue weighted by molar-refractivity contribution is 9.09. The van der Waals surface area contributed by atoms with Crippen molar-refractivity contribution >= 4 is 15.9 Å². The van der Waals surface area contributed by atoms with Crippen molar-refractivity contribution in [1.29, 1.82) is 0 Å². The largest absolute Gasteiger partial charge is 0.494 e. The highest BCUT2D eigenvalue weighted by atomic mass is 79.9. The number of ether oxygens (including phenoxy) is 2. The number of aryl methyl sites for hydroxylation is 1. The van der Waals surface area contributed by atoms with Gasteiger partial charge in [-0.1, -0.05) is 33.6 Å². The van der Waals surface area contributed by atoms with Crippen molar-refractivity contribution in [1.82, 2.24) is 0 Å². The number of halogens is 1. The van der Waals surface area contributed by atoms with Crippen molar-refractivity contribution in [2.45, 2.75) is 31.5 Å². The van der Waals surface area contributed by atoms with E-state index in [1.807, 2.05) is 6.92 Å². The van der Waals surface area contributed by atoms with Crippen LogP contribution in [0.4, 0.5) is 0 Å². The van der Waals surface area contributed by atoms with E-state index in [9.17, 15) is 0 Å². The van der Waals surface area contributed by atoms with E-state index in [1.165, 1.54) is 11.1 Å². The SMILES string of the molecule is CCOc1ccc(C)cc1C(Br)C1CCOCC1. The summed E-state index contributed by atoms with van der Waals surface area (Å²) in [6, 6.07) is 6.43. The summed E-state index contributed by atoms with van der Waals surface area (Å²) in [4.78, 5) is 0.364. The molecule has 1 fully saturated rings. The summed E-state index contributed by atoms with van der Waals surface area (Å²) in [5.74, 6) is 1.65. The lowest BCUT2D eigenvalue weighted by Gasteiger charge is -2.28. The van der Waals surface area contributed by atoms with Gasteiger partial charge in [0.15, 0.2) is 0 Å². The molecule has 100 valence electrons. The Morgan fingerprint density at radius 1 is 1.39 bits per heavy atom. The molecule has 0 aliphatic carbocycles. The maximum Gasteiger partial charge on any atom is 0.123 e. The molecule has 1 aliphatic heterocycles. The van der Waals surface area contributed by atoms with Crippen LogP contribution in [0, 0.1) is 12.8 Å². The fraction of sp³-hybridized carbons (Fsp3) is 0.600. The lowest BCUT2D eigenvalue weighted by molar-refractivity contribution is 0.0660. The van der Waals surface area contributed by atoms with Gasteiger partial charge < -0.3 is 9.47 Å². The van der Waals surface area contributed by atoms with Crippen molar-refractivity contribution in [2.24, 2.45) is 5.92 Å². The minimum absolute atomic E-state index is 0.364. The standard InChI is InChI=1S/C15H21BrO2/c1-3-18-14-5-4-11(2)10-13(14)15(16)12-6-8-17-9-7-12/h4-5,10,12,15H,3,6-9H2,1-2H3. The molecule has 0 saturated carbocycles. The zero-order valence-electron chi connectivity index (χ0n) is 11.1. The van der Waals surface area contributed by atoms with E-state index in [0.717, 1.165) is 31.8 Å². The summed E-state index contributed by atoms with van der Waals surface area (Å²) < 4.78 is 11.2. The van der Waals surface area contributed by atoms with Gasteiger partial charge in [0, 0.05) is 23.6 Å². The highest BCUT2D eigenvalue weighted by Crippen LogP contribution is 2.41. The molecule has 18 heavy (non-hydrogen) atoms. The summed E-state index contributed by atoms with van der Waals surface area (Å²) >= 11 is 3.87. The Kier molecular flexibility index (Phi) is 5.07. The number of benzene rings is 1. The van der Waals surface area contributed by atoms with Crippen LogP contribution in [-0.4, -0.2) is 19.8 Å². The summed E-state index contributed by atoms with van der Waals surface area (Å²) in [5, 5.41) is 0. The van der Waals surface area contributed by atoms with E-state index in [-0.39, 0.29) is 0 Å². The smallest absolute Gasteiger partial charge is 0.123 e. The van der Waals surface area contributed by atoms with Crippen molar-refractivity contribution < 1.29 is 9.47 Å². The van der Waals surface area contributed by atoms with E-state index in [4.69, 9.17) is 9.47 Å². The molecule has 3 heteroatoms. The summed E-state index contributed by atoms with van der Waals surface area (Å²) in [6.07, 6.45) is 2.24. The molecule has 0 radical (unpaired) electrons. The minimum atomic E-state index is 0.364. The zero-order valence-corrected chi connectivity index (χ0v) is 12.7. The molecular formula is C15H21BrO2. The first kappa shape index (κ1) is 13.9. The van der Waals surface area contributed by atoms with Crippen LogP contribution in [0.25, 0.3) is 0 Å². The Hall–Kier alpha value is -0.540. The molecule has 2 nitrogen and oxygen atoms in total. The van der Waals surface area contributed by atoms with E-state index >= 15 is 0 Å². The molecule has 0 amide bonds. The number of hydrogen-bond acceptors (Lipinski definition) is 2. The fourth-order valence-corrected chi connectivity index (χ4v) is 3.32. The lowest BCUT2D eigenvalue weighted by atomic mass is 9.91. The van der Waals surface area contributed by atoms with Crippen molar-refractivity contribution in [2.75, 3.05) is 19.8 Å². The first-order valence-electron chi connectivity index (χ1n) is 6.67. The predicted octanol–water partition coefficient (Wildman–Crippen LogP) is 4.26. The second kappa shape index (κ2) is 6.58. The first-order valence-corrected chi connectivity index (χ1v) is 7.59. The summed E-state index contributed by atoms with van der Waals surface area (Å²) in [7, 11) is 0. The molecule has 1 aliphatic rings. The molecule has 0 N–H and O–H groups in total. The van der Waals surface area contributed by atoms with Gasteiger partial charge in [0.25, 0.3) is 0 Å². The number of rotatable bonds is 4. The first-order chi connectivity index (χ1) is 8.72. The van der Waals surface area contributed by atoms with Gasteiger partial charge in [-0.05, 0) is 38.7 Å². The van der Waals surface area contributed by atoms with Gasteiger partial charge in [0.05, 0.1) is 6.61 Å². The Bertz CT molecular complexity index is 386. The van der Waals surface area contributed by atoms with Gasteiger partial charge in [-0.2, -0.15) is 0 Å². The molecule has 1 atom stereocenters. The van der Waals surface area contributed by atoms with Crippen LogP contribution in [0.3, 0.4) is 0 Å². The van der Waals surface area contributed by atoms with Crippen molar-refractivity contribution in [3.05, 3.63) is 29.3 Å². The molecule has 0 aromatic heterocycles. The van der Waals surface area contributed by atoms with E-state index < -0.39 is 0 Å². The number of hydrogen-bond donors (Lipinski definition) is 0. The summed E-state index contributed by atoms with van der Waals surface area (Å²) in [6.45, 7) is 6.62. The van der Waals surface area contributed by atoms with E-state index in [0.29, 0.717) is 17.4 Å². The van der Waals surface area contributed by atoms with Gasteiger partial charge >= 0.3 is 0 Å². The number of alkyl halides is 1. The molecule has 1 saturated heterocycles. The van der Waals surface area contributed by atoms with Crippen LogP contribution < -0.4 is 4.74 Å².